The summed E-state index contributed by atoms with van der Waals surface area (Å²) in [5, 5.41) is 3.04. The molecule has 2 amide bonds. The molecule has 1 aromatic heterocycles. The second-order valence-corrected chi connectivity index (χ2v) is 8.27. The smallest absolute Gasteiger partial charge is 0.291 e. The van der Waals surface area contributed by atoms with Crippen LogP contribution in [0.3, 0.4) is 0 Å². The molecular weight excluding hydrogens is 364 g/mol. The molecule has 0 atom stereocenters. The van der Waals surface area contributed by atoms with Gasteiger partial charge in [0.2, 0.25) is 0 Å². The summed E-state index contributed by atoms with van der Waals surface area (Å²) in [4.78, 5) is 32.9. The van der Waals surface area contributed by atoms with Gasteiger partial charge in [-0.15, -0.1) is 0 Å². The number of nitrogens with one attached hydrogen (secondary N) is 1. The first-order valence-corrected chi connectivity index (χ1v) is 10.8. The van der Waals surface area contributed by atoms with Gasteiger partial charge in [-0.2, -0.15) is 0 Å². The number of amides is 2. The normalized spacial score (nSPS) is 16.8. The van der Waals surface area contributed by atoms with Crippen molar-refractivity contribution in [1.29, 1.82) is 0 Å². The number of aryl methyl sites for hydroxylation is 2. The number of hydrogen-bond donors (Lipinski definition) is 1. The lowest BCUT2D eigenvalue weighted by Crippen LogP contribution is -2.33. The predicted molar refractivity (Wildman–Crippen MR) is 113 cm³/mol. The Morgan fingerprint density at radius 3 is 2.28 bits per heavy atom. The molecular formula is C23H30N4O2. The number of likely N-dealkylation sites (tertiary alicyclic amines) is 1. The summed E-state index contributed by atoms with van der Waals surface area (Å²) in [5.74, 6) is 0.115. The molecule has 1 saturated heterocycles. The van der Waals surface area contributed by atoms with Crippen molar-refractivity contribution in [3.05, 3.63) is 46.5 Å². The van der Waals surface area contributed by atoms with Gasteiger partial charge in [-0.05, 0) is 57.1 Å². The lowest BCUT2D eigenvalue weighted by molar-refractivity contribution is 0.0754. The molecule has 2 aliphatic heterocycles. The van der Waals surface area contributed by atoms with Crippen LogP contribution in [-0.4, -0.2) is 39.4 Å². The van der Waals surface area contributed by atoms with E-state index in [1.807, 2.05) is 41.5 Å². The molecule has 1 aromatic carbocycles. The lowest BCUT2D eigenvalue weighted by atomic mass is 10.1. The number of nitrogens with zero attached hydrogens (tertiary/aromatic N) is 3. The van der Waals surface area contributed by atoms with Gasteiger partial charge < -0.3 is 14.8 Å². The summed E-state index contributed by atoms with van der Waals surface area (Å²) in [5.41, 5.74) is 4.27. The molecule has 0 saturated carbocycles. The number of fused-ring (bicyclic) bond motifs is 1. The molecule has 3 heterocycles. The minimum Gasteiger partial charge on any atom is -0.337 e. The van der Waals surface area contributed by atoms with Gasteiger partial charge in [0.15, 0.2) is 5.82 Å². The second-order valence-electron chi connectivity index (χ2n) is 8.27. The zero-order valence-electron chi connectivity index (χ0n) is 17.5. The number of hydrogen-bond acceptors (Lipinski definition) is 3. The first-order chi connectivity index (χ1) is 14.1. The number of benzene rings is 1. The van der Waals surface area contributed by atoms with Crippen LogP contribution in [0.4, 0.5) is 5.69 Å². The maximum absolute atomic E-state index is 13.2. The van der Waals surface area contributed by atoms with Gasteiger partial charge in [0.1, 0.15) is 5.69 Å². The largest absolute Gasteiger partial charge is 0.337 e. The summed E-state index contributed by atoms with van der Waals surface area (Å²) < 4.78 is 1.97. The fourth-order valence-electron chi connectivity index (χ4n) is 4.49. The fraction of sp³-hybridized carbons (Fsp3) is 0.522. The van der Waals surface area contributed by atoms with Crippen molar-refractivity contribution in [2.24, 2.45) is 0 Å². The third-order valence-electron chi connectivity index (χ3n) is 6.14. The van der Waals surface area contributed by atoms with Crippen LogP contribution in [0.2, 0.25) is 0 Å². The molecule has 4 rings (SSSR count). The minimum absolute atomic E-state index is 0.0105. The Morgan fingerprint density at radius 2 is 1.59 bits per heavy atom. The van der Waals surface area contributed by atoms with Crippen LogP contribution in [0.1, 0.15) is 76.5 Å². The average molecular weight is 395 g/mol. The van der Waals surface area contributed by atoms with Crippen molar-refractivity contribution in [1.82, 2.24) is 14.5 Å². The van der Waals surface area contributed by atoms with E-state index in [0.29, 0.717) is 11.5 Å². The average Bonchev–Trinajstić information content (AvgIpc) is 2.90. The number of anilines is 1. The predicted octanol–water partition coefficient (Wildman–Crippen LogP) is 4.10. The summed E-state index contributed by atoms with van der Waals surface area (Å²) in [6.45, 7) is 6.28. The number of para-hydroxylation sites is 1. The third-order valence-corrected chi connectivity index (χ3v) is 6.14. The highest BCUT2D eigenvalue weighted by molar-refractivity contribution is 6.04. The van der Waals surface area contributed by atoms with E-state index in [-0.39, 0.29) is 11.8 Å². The van der Waals surface area contributed by atoms with Gasteiger partial charge in [0.05, 0.1) is 5.69 Å². The Bertz CT molecular complexity index is 903. The van der Waals surface area contributed by atoms with Gasteiger partial charge in [-0.25, -0.2) is 4.98 Å². The molecule has 0 aliphatic carbocycles. The number of carbonyl (C=O) groups is 2. The first kappa shape index (κ1) is 19.7. The molecule has 1 N–H and O–H groups in total. The van der Waals surface area contributed by atoms with Gasteiger partial charge in [0, 0.05) is 25.3 Å². The van der Waals surface area contributed by atoms with E-state index in [1.165, 1.54) is 12.8 Å². The zero-order valence-corrected chi connectivity index (χ0v) is 17.5. The topological polar surface area (TPSA) is 67.2 Å². The summed E-state index contributed by atoms with van der Waals surface area (Å²) in [6, 6.07) is 5.95. The number of imidazole rings is 1. The number of rotatable bonds is 3. The minimum atomic E-state index is -0.236. The van der Waals surface area contributed by atoms with Crippen LogP contribution in [0.15, 0.2) is 18.2 Å². The Balaban J connectivity index is 1.65. The van der Waals surface area contributed by atoms with Crippen LogP contribution >= 0.6 is 0 Å². The molecule has 154 valence electrons. The molecule has 29 heavy (non-hydrogen) atoms. The van der Waals surface area contributed by atoms with Crippen molar-refractivity contribution in [3.8, 4) is 0 Å². The molecule has 6 nitrogen and oxygen atoms in total. The van der Waals surface area contributed by atoms with Crippen LogP contribution < -0.4 is 5.32 Å². The Hall–Kier alpha value is -2.63. The van der Waals surface area contributed by atoms with E-state index >= 15 is 0 Å². The van der Waals surface area contributed by atoms with Crippen molar-refractivity contribution >= 4 is 17.5 Å². The van der Waals surface area contributed by atoms with Crippen molar-refractivity contribution < 1.29 is 9.59 Å². The van der Waals surface area contributed by atoms with Gasteiger partial charge >= 0.3 is 0 Å². The van der Waals surface area contributed by atoms with E-state index in [1.54, 1.807) is 0 Å². The van der Waals surface area contributed by atoms with Crippen LogP contribution in [0.25, 0.3) is 0 Å². The van der Waals surface area contributed by atoms with Gasteiger partial charge in [0.25, 0.3) is 11.8 Å². The maximum atomic E-state index is 13.2. The van der Waals surface area contributed by atoms with E-state index in [9.17, 15) is 9.59 Å². The standard InChI is InChI=1S/C23H30N4O2/c1-16-10-9-11-17(2)19(16)25-22(28)21-24-20(18-12-5-8-15-27(18)21)23(29)26-13-6-3-4-7-14-26/h9-11H,3-8,12-15H2,1-2H3,(H,25,28). The zero-order chi connectivity index (χ0) is 20.4. The van der Waals surface area contributed by atoms with Gasteiger partial charge in [-0.1, -0.05) is 31.0 Å². The monoisotopic (exact) mass is 394 g/mol. The Kier molecular flexibility index (Phi) is 5.69. The van der Waals surface area contributed by atoms with E-state index < -0.39 is 0 Å². The number of aromatic nitrogens is 2. The molecule has 0 radical (unpaired) electrons. The van der Waals surface area contributed by atoms with Crippen LogP contribution in [-0.2, 0) is 13.0 Å². The van der Waals surface area contributed by atoms with E-state index in [0.717, 1.165) is 74.2 Å². The van der Waals surface area contributed by atoms with Crippen LogP contribution in [0.5, 0.6) is 0 Å². The first-order valence-electron chi connectivity index (χ1n) is 10.8. The molecule has 0 spiro atoms. The summed E-state index contributed by atoms with van der Waals surface area (Å²) >= 11 is 0. The molecule has 6 heteroatoms. The quantitative estimate of drug-likeness (QED) is 0.852. The third kappa shape index (κ3) is 3.93. The maximum Gasteiger partial charge on any atom is 0.291 e. The van der Waals surface area contributed by atoms with Crippen molar-refractivity contribution in [3.63, 3.8) is 0 Å². The highest BCUT2D eigenvalue weighted by Crippen LogP contribution is 2.25. The van der Waals surface area contributed by atoms with Crippen LogP contribution in [0, 0.1) is 13.8 Å². The second kappa shape index (κ2) is 8.39. The Morgan fingerprint density at radius 1 is 0.931 bits per heavy atom. The number of carbonyl (C=O) groups excluding carboxylic acids is 2. The molecule has 1 fully saturated rings. The van der Waals surface area contributed by atoms with E-state index in [4.69, 9.17) is 0 Å². The van der Waals surface area contributed by atoms with Crippen molar-refractivity contribution in [2.75, 3.05) is 18.4 Å². The fourth-order valence-corrected chi connectivity index (χ4v) is 4.49. The molecule has 0 unspecified atom stereocenters. The lowest BCUT2D eigenvalue weighted by Gasteiger charge is -2.21. The summed E-state index contributed by atoms with van der Waals surface area (Å²) in [6.07, 6.45) is 7.28. The SMILES string of the molecule is Cc1cccc(C)c1NC(=O)c1nc(C(=O)N2CCCCCC2)c2n1CCCC2. The van der Waals surface area contributed by atoms with Crippen molar-refractivity contribution in [2.45, 2.75) is 65.3 Å². The van der Waals surface area contributed by atoms with Gasteiger partial charge in [-0.3, -0.25) is 9.59 Å². The molecule has 0 bridgehead atoms. The highest BCUT2D eigenvalue weighted by atomic mass is 16.2. The highest BCUT2D eigenvalue weighted by Gasteiger charge is 2.30. The Labute approximate surface area is 172 Å². The molecule has 2 aromatic rings. The summed E-state index contributed by atoms with van der Waals surface area (Å²) in [7, 11) is 0. The van der Waals surface area contributed by atoms with E-state index in [2.05, 4.69) is 10.3 Å². The molecule has 2 aliphatic rings.